The molecule has 7 nitrogen and oxygen atoms in total. The van der Waals surface area contributed by atoms with Gasteiger partial charge in [-0.3, -0.25) is 19.6 Å². The van der Waals surface area contributed by atoms with E-state index in [1.807, 2.05) is 42.6 Å². The molecule has 0 unspecified atom stereocenters. The first kappa shape index (κ1) is 21.0. The molecule has 1 aromatic carbocycles. The van der Waals surface area contributed by atoms with E-state index in [0.717, 1.165) is 24.2 Å². The molecule has 0 amide bonds. The molecule has 0 saturated carbocycles. The number of hydrogen-bond donors (Lipinski definition) is 2. The molecule has 160 valence electrons. The number of H-pyrrole nitrogens is 2. The lowest BCUT2D eigenvalue weighted by Crippen LogP contribution is -2.46. The third-order valence-corrected chi connectivity index (χ3v) is 4.76. The largest absolute Gasteiger partial charge is 0.494 e. The van der Waals surface area contributed by atoms with E-state index in [9.17, 15) is 9.59 Å². The topological polar surface area (TPSA) is 101 Å². The first-order chi connectivity index (χ1) is 15.7. The van der Waals surface area contributed by atoms with Gasteiger partial charge >= 0.3 is 0 Å². The third-order valence-electron chi connectivity index (χ3n) is 4.76. The van der Waals surface area contributed by atoms with Gasteiger partial charge in [-0.1, -0.05) is 24.3 Å². The van der Waals surface area contributed by atoms with E-state index >= 15 is 0 Å². The monoisotopic (exact) mass is 426 g/mol. The Labute approximate surface area is 183 Å². The highest BCUT2D eigenvalue weighted by Crippen LogP contribution is 2.13. The molecule has 0 aliphatic rings. The number of hydrogen-bond acceptors (Lipinski definition) is 5. The van der Waals surface area contributed by atoms with Crippen LogP contribution in [0.15, 0.2) is 82.8 Å². The number of benzene rings is 1. The molecule has 32 heavy (non-hydrogen) atoms. The van der Waals surface area contributed by atoms with Crippen LogP contribution in [-0.4, -0.2) is 26.5 Å². The van der Waals surface area contributed by atoms with E-state index < -0.39 is 5.56 Å². The van der Waals surface area contributed by atoms with E-state index in [2.05, 4.69) is 19.9 Å². The number of ether oxygens (including phenoxy) is 1. The first-order valence-electron chi connectivity index (χ1n) is 10.3. The standard InChI is InChI=1S/C25H22N4O3/c30-24-22(28-25(31)23(29-24)16-20-7-1-2-13-27-20)15-18-8-10-21(11-9-18)32-14-4-6-19-5-3-12-26-17-19/h1-3,5,7-13,15-17H,4,6,14H2,(H,28,31)(H,29,30)/b22-15-,23-16-. The fourth-order valence-corrected chi connectivity index (χ4v) is 3.14. The quantitative estimate of drug-likeness (QED) is 0.437. The third kappa shape index (κ3) is 5.66. The van der Waals surface area contributed by atoms with E-state index in [1.54, 1.807) is 36.7 Å². The van der Waals surface area contributed by atoms with Gasteiger partial charge in [0, 0.05) is 18.6 Å². The van der Waals surface area contributed by atoms with E-state index in [4.69, 9.17) is 4.74 Å². The number of pyridine rings is 2. The molecule has 0 aliphatic heterocycles. The summed E-state index contributed by atoms with van der Waals surface area (Å²) in [5, 5.41) is 0.333. The van der Waals surface area contributed by atoms with Gasteiger partial charge in [0.15, 0.2) is 0 Å². The summed E-state index contributed by atoms with van der Waals surface area (Å²) in [7, 11) is 0. The fraction of sp³-hybridized carbons (Fsp3) is 0.120. The van der Waals surface area contributed by atoms with Gasteiger partial charge in [0.1, 0.15) is 16.4 Å². The van der Waals surface area contributed by atoms with Crippen LogP contribution >= 0.6 is 0 Å². The second-order valence-corrected chi connectivity index (χ2v) is 7.16. The van der Waals surface area contributed by atoms with Gasteiger partial charge in [0.25, 0.3) is 11.1 Å². The van der Waals surface area contributed by atoms with Crippen molar-refractivity contribution in [3.63, 3.8) is 0 Å². The number of aromatic nitrogens is 4. The molecule has 0 spiro atoms. The molecule has 3 heterocycles. The Balaban J connectivity index is 1.43. The minimum absolute atomic E-state index is 0.154. The van der Waals surface area contributed by atoms with Gasteiger partial charge in [0.2, 0.25) is 0 Å². The lowest BCUT2D eigenvalue weighted by Gasteiger charge is -2.06. The Morgan fingerprint density at radius 1 is 0.844 bits per heavy atom. The molecule has 3 aromatic heterocycles. The van der Waals surface area contributed by atoms with Crippen LogP contribution in [0.3, 0.4) is 0 Å². The Morgan fingerprint density at radius 3 is 2.31 bits per heavy atom. The van der Waals surface area contributed by atoms with Crippen LogP contribution < -0.4 is 26.6 Å². The normalized spacial score (nSPS) is 12.1. The van der Waals surface area contributed by atoms with Crippen molar-refractivity contribution >= 4 is 12.2 Å². The van der Waals surface area contributed by atoms with E-state index in [1.165, 1.54) is 11.6 Å². The molecular formula is C25H22N4O3. The Bertz CT molecular complexity index is 1390. The lowest BCUT2D eigenvalue weighted by atomic mass is 10.2. The van der Waals surface area contributed by atoms with Crippen LogP contribution in [0, 0.1) is 0 Å². The van der Waals surface area contributed by atoms with Crippen LogP contribution in [0.1, 0.15) is 23.2 Å². The van der Waals surface area contributed by atoms with Gasteiger partial charge < -0.3 is 14.7 Å². The second-order valence-electron chi connectivity index (χ2n) is 7.16. The van der Waals surface area contributed by atoms with E-state index in [0.29, 0.717) is 12.3 Å². The van der Waals surface area contributed by atoms with Crippen LogP contribution in [0.5, 0.6) is 5.75 Å². The van der Waals surface area contributed by atoms with Gasteiger partial charge in [-0.15, -0.1) is 0 Å². The highest BCUT2D eigenvalue weighted by molar-refractivity contribution is 5.49. The summed E-state index contributed by atoms with van der Waals surface area (Å²) in [4.78, 5) is 38.3. The summed E-state index contributed by atoms with van der Waals surface area (Å²) < 4.78 is 5.78. The zero-order valence-corrected chi connectivity index (χ0v) is 17.3. The van der Waals surface area contributed by atoms with Crippen molar-refractivity contribution in [2.24, 2.45) is 0 Å². The van der Waals surface area contributed by atoms with Crippen molar-refractivity contribution in [2.45, 2.75) is 12.8 Å². The van der Waals surface area contributed by atoms with Gasteiger partial charge in [-0.2, -0.15) is 0 Å². The molecule has 0 saturated heterocycles. The van der Waals surface area contributed by atoms with Crippen molar-refractivity contribution in [3.8, 4) is 5.75 Å². The van der Waals surface area contributed by atoms with Crippen molar-refractivity contribution in [3.05, 3.63) is 121 Å². The Hall–Kier alpha value is -4.26. The number of nitrogens with one attached hydrogen (secondary N) is 2. The first-order valence-corrected chi connectivity index (χ1v) is 10.3. The molecule has 0 fully saturated rings. The van der Waals surface area contributed by atoms with Crippen molar-refractivity contribution in [2.75, 3.05) is 6.61 Å². The number of nitrogens with zero attached hydrogens (tertiary/aromatic N) is 2. The highest BCUT2D eigenvalue weighted by Gasteiger charge is 1.99. The van der Waals surface area contributed by atoms with Crippen LogP contribution in [0.25, 0.3) is 12.2 Å². The van der Waals surface area contributed by atoms with Crippen LogP contribution in [0.2, 0.25) is 0 Å². The minimum Gasteiger partial charge on any atom is -0.494 e. The molecule has 4 aromatic rings. The molecule has 0 radical (unpaired) electrons. The zero-order chi connectivity index (χ0) is 22.2. The Kier molecular flexibility index (Phi) is 6.67. The molecule has 0 bridgehead atoms. The summed E-state index contributed by atoms with van der Waals surface area (Å²) in [5.41, 5.74) is 1.76. The predicted octanol–water partition coefficient (Wildman–Crippen LogP) is 1.52. The molecule has 4 rings (SSSR count). The average Bonchev–Trinajstić information content (AvgIpc) is 2.82. The van der Waals surface area contributed by atoms with Crippen LogP contribution in [0.4, 0.5) is 0 Å². The molecule has 2 N–H and O–H groups in total. The van der Waals surface area contributed by atoms with E-state index in [-0.39, 0.29) is 16.3 Å². The fourth-order valence-electron chi connectivity index (χ4n) is 3.14. The SMILES string of the molecule is O=c1[nH]/c(=C\c2ccccn2)c(=O)[nH]/c1=C\c1ccc(OCCCc2cccnc2)cc1. The summed E-state index contributed by atoms with van der Waals surface area (Å²) in [6.07, 6.45) is 10.2. The Morgan fingerprint density at radius 2 is 1.62 bits per heavy atom. The van der Waals surface area contributed by atoms with Crippen molar-refractivity contribution in [1.29, 1.82) is 0 Å². The molecule has 0 aliphatic carbocycles. The molecule has 0 atom stereocenters. The average molecular weight is 426 g/mol. The summed E-state index contributed by atoms with van der Waals surface area (Å²) in [6.45, 7) is 0.596. The van der Waals surface area contributed by atoms with Crippen molar-refractivity contribution < 1.29 is 4.74 Å². The molecular weight excluding hydrogens is 404 g/mol. The van der Waals surface area contributed by atoms with Gasteiger partial charge in [-0.05, 0) is 66.5 Å². The maximum Gasteiger partial charge on any atom is 0.272 e. The van der Waals surface area contributed by atoms with Crippen LogP contribution in [-0.2, 0) is 6.42 Å². The number of rotatable bonds is 7. The number of aromatic amines is 2. The lowest BCUT2D eigenvalue weighted by molar-refractivity contribution is 0.311. The predicted molar refractivity (Wildman–Crippen MR) is 123 cm³/mol. The maximum absolute atomic E-state index is 12.4. The number of aryl methyl sites for hydroxylation is 1. The minimum atomic E-state index is -0.393. The zero-order valence-electron chi connectivity index (χ0n) is 17.3. The summed E-state index contributed by atoms with van der Waals surface area (Å²) in [5.74, 6) is 0.746. The summed E-state index contributed by atoms with van der Waals surface area (Å²) in [6, 6.07) is 16.7. The van der Waals surface area contributed by atoms with Gasteiger partial charge in [-0.25, -0.2) is 0 Å². The smallest absolute Gasteiger partial charge is 0.272 e. The molecule has 7 heteroatoms. The van der Waals surface area contributed by atoms with Crippen molar-refractivity contribution in [1.82, 2.24) is 19.9 Å². The summed E-state index contributed by atoms with van der Waals surface area (Å²) >= 11 is 0. The highest BCUT2D eigenvalue weighted by atomic mass is 16.5. The second kappa shape index (κ2) is 10.2. The van der Waals surface area contributed by atoms with Gasteiger partial charge in [0.05, 0.1) is 12.3 Å². The maximum atomic E-state index is 12.4.